The van der Waals surface area contributed by atoms with Gasteiger partial charge < -0.3 is 5.32 Å². The molecule has 4 rings (SSSR count). The topological polar surface area (TPSA) is 55.1 Å². The van der Waals surface area contributed by atoms with E-state index >= 15 is 0 Å². The second-order valence-electron chi connectivity index (χ2n) is 5.24. The van der Waals surface area contributed by atoms with Gasteiger partial charge in [-0.1, -0.05) is 6.92 Å². The highest BCUT2D eigenvalue weighted by Crippen LogP contribution is 2.28. The lowest BCUT2D eigenvalue weighted by atomic mass is 10.2. The Hall–Kier alpha value is -2.25. The van der Waals surface area contributed by atoms with Crippen LogP contribution in [0.4, 0.5) is 10.8 Å². The van der Waals surface area contributed by atoms with Gasteiger partial charge >= 0.3 is 0 Å². The van der Waals surface area contributed by atoms with E-state index in [1.807, 2.05) is 19.3 Å². The van der Waals surface area contributed by atoms with Gasteiger partial charge in [-0.05, 0) is 42.4 Å². The average Bonchev–Trinajstić information content (AvgIpc) is 3.26. The third kappa shape index (κ3) is 2.62. The molecule has 0 aliphatic heterocycles. The molecular formula is C16H15N5S2. The summed E-state index contributed by atoms with van der Waals surface area (Å²) in [7, 11) is 0. The van der Waals surface area contributed by atoms with E-state index in [1.54, 1.807) is 11.3 Å². The van der Waals surface area contributed by atoms with Crippen molar-refractivity contribution in [2.24, 2.45) is 0 Å². The molecule has 116 valence electrons. The molecule has 0 atom stereocenters. The van der Waals surface area contributed by atoms with Crippen molar-refractivity contribution < 1.29 is 0 Å². The number of anilines is 2. The fourth-order valence-corrected chi connectivity index (χ4v) is 3.85. The van der Waals surface area contributed by atoms with Crippen LogP contribution in [0.3, 0.4) is 0 Å². The number of rotatable bonds is 4. The molecule has 0 saturated heterocycles. The van der Waals surface area contributed by atoms with Crippen LogP contribution < -0.4 is 5.32 Å². The molecule has 4 heterocycles. The maximum atomic E-state index is 4.61. The van der Waals surface area contributed by atoms with Crippen molar-refractivity contribution in [3.8, 4) is 11.3 Å². The molecule has 0 unspecified atom stereocenters. The molecule has 0 aromatic carbocycles. The van der Waals surface area contributed by atoms with E-state index in [1.165, 1.54) is 17.1 Å². The molecule has 4 aromatic heterocycles. The van der Waals surface area contributed by atoms with Gasteiger partial charge in [-0.15, -0.1) is 0 Å². The molecule has 0 amide bonds. The van der Waals surface area contributed by atoms with Gasteiger partial charge in [0.25, 0.3) is 0 Å². The van der Waals surface area contributed by atoms with Gasteiger partial charge in [0.05, 0.1) is 23.3 Å². The van der Waals surface area contributed by atoms with Crippen LogP contribution in [0.1, 0.15) is 18.3 Å². The monoisotopic (exact) mass is 341 g/mol. The molecular weight excluding hydrogens is 326 g/mol. The molecule has 4 aromatic rings. The Morgan fingerprint density at radius 1 is 1.35 bits per heavy atom. The number of nitrogens with zero attached hydrogens (tertiary/aromatic N) is 4. The summed E-state index contributed by atoms with van der Waals surface area (Å²) in [5.74, 6) is 0.762. The minimum atomic E-state index is 0.762. The predicted octanol–water partition coefficient (Wildman–Crippen LogP) is 4.53. The van der Waals surface area contributed by atoms with Crippen LogP contribution in [0, 0.1) is 6.92 Å². The Morgan fingerprint density at radius 2 is 2.26 bits per heavy atom. The smallest absolute Gasteiger partial charge is 0.180 e. The molecule has 0 fully saturated rings. The Bertz CT molecular complexity index is 952. The first-order valence-electron chi connectivity index (χ1n) is 7.34. The largest absolute Gasteiger partial charge is 0.328 e. The summed E-state index contributed by atoms with van der Waals surface area (Å²) in [6, 6.07) is 4.17. The van der Waals surface area contributed by atoms with Crippen LogP contribution in [0.2, 0.25) is 0 Å². The maximum absolute atomic E-state index is 4.61. The zero-order chi connectivity index (χ0) is 15.8. The lowest BCUT2D eigenvalue weighted by Gasteiger charge is -2.07. The number of thiophene rings is 1. The van der Waals surface area contributed by atoms with E-state index in [4.69, 9.17) is 0 Å². The summed E-state index contributed by atoms with van der Waals surface area (Å²) in [6.07, 6.45) is 4.85. The molecule has 23 heavy (non-hydrogen) atoms. The molecule has 0 saturated carbocycles. The Labute approximate surface area is 141 Å². The summed E-state index contributed by atoms with van der Waals surface area (Å²) >= 11 is 3.14. The lowest BCUT2D eigenvalue weighted by molar-refractivity contribution is 1.08. The van der Waals surface area contributed by atoms with Gasteiger partial charge in [-0.3, -0.25) is 4.40 Å². The van der Waals surface area contributed by atoms with Crippen molar-refractivity contribution in [1.29, 1.82) is 0 Å². The fraction of sp³-hybridized carbons (Fsp3) is 0.188. The third-order valence-electron chi connectivity index (χ3n) is 3.59. The maximum Gasteiger partial charge on any atom is 0.180 e. The van der Waals surface area contributed by atoms with Crippen molar-refractivity contribution in [3.05, 3.63) is 46.7 Å². The van der Waals surface area contributed by atoms with Crippen molar-refractivity contribution in [3.63, 3.8) is 0 Å². The number of aromatic nitrogens is 4. The first kappa shape index (κ1) is 14.3. The normalized spacial score (nSPS) is 11.2. The molecule has 1 N–H and O–H groups in total. The third-order valence-corrected chi connectivity index (χ3v) is 5.02. The van der Waals surface area contributed by atoms with Gasteiger partial charge in [0.2, 0.25) is 0 Å². The van der Waals surface area contributed by atoms with Crippen LogP contribution in [-0.2, 0) is 6.42 Å². The number of hydrogen-bond donors (Lipinski definition) is 1. The van der Waals surface area contributed by atoms with Crippen LogP contribution in [0.15, 0.2) is 35.3 Å². The minimum Gasteiger partial charge on any atom is -0.328 e. The molecule has 7 heteroatoms. The SMILES string of the molecule is CCc1cc(Nc2nc(C)cn3c(-c4ccsc4)cnc23)sn1. The van der Waals surface area contributed by atoms with E-state index in [0.717, 1.165) is 40.0 Å². The van der Waals surface area contributed by atoms with Gasteiger partial charge in [-0.25, -0.2) is 9.97 Å². The zero-order valence-electron chi connectivity index (χ0n) is 12.8. The van der Waals surface area contributed by atoms with Crippen molar-refractivity contribution in [1.82, 2.24) is 18.7 Å². The van der Waals surface area contributed by atoms with E-state index in [-0.39, 0.29) is 0 Å². The zero-order valence-corrected chi connectivity index (χ0v) is 14.4. The second-order valence-corrected chi connectivity index (χ2v) is 6.83. The number of nitrogens with one attached hydrogen (secondary N) is 1. The van der Waals surface area contributed by atoms with E-state index in [2.05, 4.69) is 53.9 Å². The second kappa shape index (κ2) is 5.75. The highest BCUT2D eigenvalue weighted by Gasteiger charge is 2.13. The highest BCUT2D eigenvalue weighted by atomic mass is 32.1. The van der Waals surface area contributed by atoms with Gasteiger partial charge in [-0.2, -0.15) is 15.7 Å². The van der Waals surface area contributed by atoms with Gasteiger partial charge in [0.15, 0.2) is 11.5 Å². The Balaban J connectivity index is 1.80. The molecule has 0 radical (unpaired) electrons. The molecule has 0 aliphatic rings. The summed E-state index contributed by atoms with van der Waals surface area (Å²) in [5, 5.41) is 8.56. The van der Waals surface area contributed by atoms with Crippen LogP contribution in [-0.4, -0.2) is 18.7 Å². The summed E-state index contributed by atoms with van der Waals surface area (Å²) in [5.41, 5.74) is 5.10. The summed E-state index contributed by atoms with van der Waals surface area (Å²) in [4.78, 5) is 9.18. The number of hydrogen-bond acceptors (Lipinski definition) is 6. The summed E-state index contributed by atoms with van der Waals surface area (Å²) < 4.78 is 6.50. The lowest BCUT2D eigenvalue weighted by Crippen LogP contribution is -2.00. The highest BCUT2D eigenvalue weighted by molar-refractivity contribution is 7.10. The van der Waals surface area contributed by atoms with Crippen LogP contribution >= 0.6 is 22.9 Å². The average molecular weight is 341 g/mol. The molecule has 0 aliphatic carbocycles. The predicted molar refractivity (Wildman–Crippen MR) is 95.8 cm³/mol. The van der Waals surface area contributed by atoms with Crippen molar-refractivity contribution in [2.45, 2.75) is 20.3 Å². The first-order valence-corrected chi connectivity index (χ1v) is 9.06. The molecule has 5 nitrogen and oxygen atoms in total. The number of aryl methyl sites for hydroxylation is 2. The van der Waals surface area contributed by atoms with Crippen molar-refractivity contribution in [2.75, 3.05) is 5.32 Å². The Kier molecular flexibility index (Phi) is 3.59. The quantitative estimate of drug-likeness (QED) is 0.592. The molecule has 0 spiro atoms. The van der Waals surface area contributed by atoms with E-state index in [0.29, 0.717) is 0 Å². The molecule has 0 bridgehead atoms. The Morgan fingerprint density at radius 3 is 3.00 bits per heavy atom. The van der Waals surface area contributed by atoms with E-state index in [9.17, 15) is 0 Å². The van der Waals surface area contributed by atoms with Crippen LogP contribution in [0.25, 0.3) is 16.9 Å². The fourth-order valence-electron chi connectivity index (χ4n) is 2.47. The number of fused-ring (bicyclic) bond motifs is 1. The minimum absolute atomic E-state index is 0.762. The summed E-state index contributed by atoms with van der Waals surface area (Å²) in [6.45, 7) is 4.09. The van der Waals surface area contributed by atoms with Crippen LogP contribution in [0.5, 0.6) is 0 Å². The van der Waals surface area contributed by atoms with E-state index < -0.39 is 0 Å². The van der Waals surface area contributed by atoms with Gasteiger partial charge in [0, 0.05) is 17.1 Å². The van der Waals surface area contributed by atoms with Gasteiger partial charge in [0.1, 0.15) is 5.00 Å². The van der Waals surface area contributed by atoms with Crippen molar-refractivity contribution >= 4 is 39.3 Å². The first-order chi connectivity index (χ1) is 11.2. The number of imidazole rings is 1. The standard InChI is InChI=1S/C16H15N5S2/c1-3-12-6-14(23-20-12)19-15-16-17-7-13(11-4-5-22-9-11)21(16)8-10(2)18-15/h4-9H,3H2,1-2H3,(H,18,19).